The van der Waals surface area contributed by atoms with Crippen LogP contribution in [0.5, 0.6) is 5.75 Å². The van der Waals surface area contributed by atoms with Crippen molar-refractivity contribution in [3.63, 3.8) is 0 Å². The van der Waals surface area contributed by atoms with E-state index in [0.29, 0.717) is 17.8 Å². The fourth-order valence-corrected chi connectivity index (χ4v) is 3.11. The highest BCUT2D eigenvalue weighted by molar-refractivity contribution is 5.86. The van der Waals surface area contributed by atoms with Gasteiger partial charge in [-0.1, -0.05) is 36.4 Å². The van der Waals surface area contributed by atoms with Crippen LogP contribution in [0.25, 0.3) is 16.4 Å². The third kappa shape index (κ3) is 3.15. The standard InChI is InChI=1S/C20H18N4O3/c1-27-18-9-5-3-7-15(18)11-21-19(25)12-24-20(26)17-10-14-6-2-4-8-16(14)23(17)13-22-24/h2-10,13H,11-12H2,1H3,(H,21,25). The van der Waals surface area contributed by atoms with Gasteiger partial charge in [0.2, 0.25) is 5.91 Å². The number of carbonyl (C=O) groups is 1. The van der Waals surface area contributed by atoms with Crippen molar-refractivity contribution in [3.05, 3.63) is 76.8 Å². The van der Waals surface area contributed by atoms with Gasteiger partial charge in [-0.2, -0.15) is 5.10 Å². The quantitative estimate of drug-likeness (QED) is 0.589. The molecular formula is C20H18N4O3. The molecule has 0 unspecified atom stereocenters. The van der Waals surface area contributed by atoms with Crippen LogP contribution in [0.1, 0.15) is 5.56 Å². The van der Waals surface area contributed by atoms with Crippen LogP contribution in [-0.2, 0) is 17.9 Å². The predicted octanol–water partition coefficient (Wildman–Crippen LogP) is 1.97. The SMILES string of the molecule is COc1ccccc1CNC(=O)Cn1ncn2c(cc3ccccc32)c1=O. The molecular weight excluding hydrogens is 344 g/mol. The lowest BCUT2D eigenvalue weighted by Crippen LogP contribution is -2.34. The molecule has 0 radical (unpaired) electrons. The van der Waals surface area contributed by atoms with Crippen molar-refractivity contribution in [1.29, 1.82) is 0 Å². The van der Waals surface area contributed by atoms with E-state index in [2.05, 4.69) is 10.4 Å². The summed E-state index contributed by atoms with van der Waals surface area (Å²) in [4.78, 5) is 25.0. The van der Waals surface area contributed by atoms with E-state index < -0.39 is 0 Å². The van der Waals surface area contributed by atoms with E-state index in [1.807, 2.05) is 54.6 Å². The van der Waals surface area contributed by atoms with Crippen LogP contribution < -0.4 is 15.6 Å². The molecule has 0 saturated heterocycles. The number of hydrogen-bond acceptors (Lipinski definition) is 4. The fraction of sp³-hybridized carbons (Fsp3) is 0.150. The summed E-state index contributed by atoms with van der Waals surface area (Å²) >= 11 is 0. The Hall–Kier alpha value is -3.61. The summed E-state index contributed by atoms with van der Waals surface area (Å²) in [6.07, 6.45) is 1.56. The molecule has 0 saturated carbocycles. The Morgan fingerprint density at radius 3 is 2.74 bits per heavy atom. The van der Waals surface area contributed by atoms with Gasteiger partial charge in [-0.25, -0.2) is 4.68 Å². The molecule has 4 aromatic rings. The molecule has 7 heteroatoms. The number of amides is 1. The Morgan fingerprint density at radius 2 is 1.89 bits per heavy atom. The molecule has 0 fully saturated rings. The summed E-state index contributed by atoms with van der Waals surface area (Å²) in [5, 5.41) is 7.89. The lowest BCUT2D eigenvalue weighted by Gasteiger charge is -2.10. The number of ether oxygens (including phenoxy) is 1. The molecule has 4 rings (SSSR count). The van der Waals surface area contributed by atoms with E-state index in [4.69, 9.17) is 4.74 Å². The van der Waals surface area contributed by atoms with Crippen LogP contribution in [0.2, 0.25) is 0 Å². The summed E-state index contributed by atoms with van der Waals surface area (Å²) in [7, 11) is 1.58. The van der Waals surface area contributed by atoms with Crippen LogP contribution in [0, 0.1) is 0 Å². The van der Waals surface area contributed by atoms with Gasteiger partial charge < -0.3 is 10.1 Å². The number of carbonyl (C=O) groups excluding carboxylic acids is 1. The first-order chi connectivity index (χ1) is 13.2. The number of fused-ring (bicyclic) bond motifs is 3. The molecule has 0 aliphatic carbocycles. The number of hydrogen-bond donors (Lipinski definition) is 1. The first-order valence-corrected chi connectivity index (χ1v) is 8.52. The van der Waals surface area contributed by atoms with Crippen molar-refractivity contribution in [2.75, 3.05) is 7.11 Å². The molecule has 2 aromatic carbocycles. The van der Waals surface area contributed by atoms with Crippen molar-refractivity contribution < 1.29 is 9.53 Å². The monoisotopic (exact) mass is 362 g/mol. The van der Waals surface area contributed by atoms with Crippen LogP contribution in [0.3, 0.4) is 0 Å². The molecule has 27 heavy (non-hydrogen) atoms. The van der Waals surface area contributed by atoms with Crippen LogP contribution in [0.15, 0.2) is 65.7 Å². The average molecular weight is 362 g/mol. The first kappa shape index (κ1) is 16.8. The molecule has 0 atom stereocenters. The fourth-order valence-electron chi connectivity index (χ4n) is 3.11. The first-order valence-electron chi connectivity index (χ1n) is 8.52. The number of nitrogens with zero attached hydrogens (tertiary/aromatic N) is 3. The van der Waals surface area contributed by atoms with Gasteiger partial charge in [0.1, 0.15) is 24.1 Å². The molecule has 0 aliphatic heterocycles. The molecule has 0 aliphatic rings. The molecule has 0 bridgehead atoms. The lowest BCUT2D eigenvalue weighted by molar-refractivity contribution is -0.122. The zero-order valence-electron chi connectivity index (χ0n) is 14.8. The number of aromatic nitrogens is 3. The Bertz CT molecular complexity index is 1190. The van der Waals surface area contributed by atoms with Crippen LogP contribution >= 0.6 is 0 Å². The normalized spacial score (nSPS) is 11.0. The third-order valence-electron chi connectivity index (χ3n) is 4.47. The highest BCUT2D eigenvalue weighted by Gasteiger charge is 2.12. The largest absolute Gasteiger partial charge is 0.496 e. The van der Waals surface area contributed by atoms with Crippen molar-refractivity contribution >= 4 is 22.3 Å². The smallest absolute Gasteiger partial charge is 0.291 e. The molecule has 1 amide bonds. The van der Waals surface area contributed by atoms with Crippen molar-refractivity contribution in [2.45, 2.75) is 13.1 Å². The summed E-state index contributed by atoms with van der Waals surface area (Å²) in [5.74, 6) is 0.408. The maximum absolute atomic E-state index is 12.7. The minimum Gasteiger partial charge on any atom is -0.496 e. The van der Waals surface area contributed by atoms with Gasteiger partial charge in [-0.3, -0.25) is 14.0 Å². The summed E-state index contributed by atoms with van der Waals surface area (Å²) in [5.41, 5.74) is 1.96. The number of benzene rings is 2. The Kier molecular flexibility index (Phi) is 4.33. The van der Waals surface area contributed by atoms with Crippen LogP contribution in [0.4, 0.5) is 0 Å². The Morgan fingerprint density at radius 1 is 1.11 bits per heavy atom. The molecule has 2 aromatic heterocycles. The number of nitrogens with one attached hydrogen (secondary N) is 1. The number of rotatable bonds is 5. The zero-order chi connectivity index (χ0) is 18.8. The lowest BCUT2D eigenvalue weighted by atomic mass is 10.2. The topological polar surface area (TPSA) is 77.6 Å². The molecule has 7 nitrogen and oxygen atoms in total. The van der Waals surface area contributed by atoms with Gasteiger partial charge >= 0.3 is 0 Å². The van der Waals surface area contributed by atoms with E-state index in [1.54, 1.807) is 17.8 Å². The van der Waals surface area contributed by atoms with E-state index in [9.17, 15) is 9.59 Å². The molecule has 0 spiro atoms. The van der Waals surface area contributed by atoms with Gasteiger partial charge in [0.15, 0.2) is 0 Å². The molecule has 136 valence electrons. The van der Waals surface area contributed by atoms with E-state index in [0.717, 1.165) is 16.5 Å². The predicted molar refractivity (Wildman–Crippen MR) is 102 cm³/mol. The minimum atomic E-state index is -0.304. The summed E-state index contributed by atoms with van der Waals surface area (Å²) < 4.78 is 8.18. The van der Waals surface area contributed by atoms with Gasteiger partial charge in [0, 0.05) is 17.5 Å². The minimum absolute atomic E-state index is 0.147. The van der Waals surface area contributed by atoms with E-state index in [-0.39, 0.29) is 18.0 Å². The van der Waals surface area contributed by atoms with Crippen molar-refractivity contribution in [3.8, 4) is 5.75 Å². The van der Waals surface area contributed by atoms with Gasteiger partial charge in [-0.15, -0.1) is 0 Å². The summed E-state index contributed by atoms with van der Waals surface area (Å²) in [6.45, 7) is 0.168. The summed E-state index contributed by atoms with van der Waals surface area (Å²) in [6, 6.07) is 16.9. The maximum Gasteiger partial charge on any atom is 0.291 e. The Balaban J connectivity index is 1.54. The third-order valence-corrected chi connectivity index (χ3v) is 4.47. The van der Waals surface area contributed by atoms with Gasteiger partial charge in [0.05, 0.1) is 12.6 Å². The second-order valence-electron chi connectivity index (χ2n) is 6.14. The molecule has 2 heterocycles. The highest BCUT2D eigenvalue weighted by Crippen LogP contribution is 2.17. The van der Waals surface area contributed by atoms with Gasteiger partial charge in [0.25, 0.3) is 5.56 Å². The maximum atomic E-state index is 12.7. The second kappa shape index (κ2) is 6.95. The number of para-hydroxylation sites is 2. The highest BCUT2D eigenvalue weighted by atomic mass is 16.5. The zero-order valence-corrected chi connectivity index (χ0v) is 14.8. The Labute approximate surface area is 154 Å². The number of methoxy groups -OCH3 is 1. The van der Waals surface area contributed by atoms with Crippen LogP contribution in [-0.4, -0.2) is 27.2 Å². The van der Waals surface area contributed by atoms with Gasteiger partial charge in [-0.05, 0) is 18.2 Å². The average Bonchev–Trinajstić information content (AvgIpc) is 3.08. The second-order valence-corrected chi connectivity index (χ2v) is 6.14. The van der Waals surface area contributed by atoms with E-state index in [1.165, 1.54) is 4.68 Å². The van der Waals surface area contributed by atoms with E-state index >= 15 is 0 Å². The van der Waals surface area contributed by atoms with Crippen molar-refractivity contribution in [2.24, 2.45) is 0 Å². The van der Waals surface area contributed by atoms with Crippen molar-refractivity contribution in [1.82, 2.24) is 19.5 Å². The molecule has 1 N–H and O–H groups in total.